The van der Waals surface area contributed by atoms with E-state index in [1.165, 1.54) is 12.1 Å². The number of pyridine rings is 1. The molecular weight excluding hydrogens is 384 g/mol. The van der Waals surface area contributed by atoms with Gasteiger partial charge in [-0.2, -0.15) is 0 Å². The summed E-state index contributed by atoms with van der Waals surface area (Å²) >= 11 is 0. The number of nitro benzene ring substituents is 1. The Balaban J connectivity index is 1.51. The van der Waals surface area contributed by atoms with Crippen molar-refractivity contribution in [3.05, 3.63) is 69.9 Å². The van der Waals surface area contributed by atoms with E-state index in [0.29, 0.717) is 17.2 Å². The number of ether oxygens (including phenoxy) is 1. The number of hydrogen-bond acceptors (Lipinski definition) is 7. The van der Waals surface area contributed by atoms with Crippen molar-refractivity contribution >= 4 is 33.9 Å². The maximum absolute atomic E-state index is 12.5. The lowest BCUT2D eigenvalue weighted by molar-refractivity contribution is -0.384. The Morgan fingerprint density at radius 3 is 2.87 bits per heavy atom. The minimum Gasteiger partial charge on any atom is -0.457 e. The molecule has 154 valence electrons. The van der Waals surface area contributed by atoms with Crippen LogP contribution in [0.2, 0.25) is 0 Å². The van der Waals surface area contributed by atoms with Crippen LogP contribution < -0.4 is 10.6 Å². The summed E-state index contributed by atoms with van der Waals surface area (Å²) in [6, 6.07) is 12.1. The number of rotatable bonds is 5. The molecule has 8 nitrogen and oxygen atoms in total. The lowest BCUT2D eigenvalue weighted by Gasteiger charge is -2.23. The van der Waals surface area contributed by atoms with E-state index in [1.54, 1.807) is 24.3 Å². The molecule has 1 saturated heterocycles. The highest BCUT2D eigenvalue weighted by Gasteiger charge is 2.21. The van der Waals surface area contributed by atoms with E-state index in [9.17, 15) is 14.9 Å². The number of nitrogens with zero attached hydrogens (tertiary/aromatic N) is 3. The normalized spacial score (nSPS) is 16.0. The lowest BCUT2D eigenvalue weighted by atomic mass is 10.1. The van der Waals surface area contributed by atoms with Crippen LogP contribution >= 0.6 is 0 Å². The summed E-state index contributed by atoms with van der Waals surface area (Å²) in [4.78, 5) is 29.8. The standard InChI is InChI=1S/C22H22N4O4/c1-14-3-2-8-25(14)18-11-17-10-16(5-7-20(17)24-12-18)22(27)30-13-15-4-6-19(23)21(9-15)26(28)29/h4-7,9-12,14H,2-3,8,13,23H2,1H3/t14-/m0/s1. The van der Waals surface area contributed by atoms with Gasteiger partial charge in [-0.25, -0.2) is 4.79 Å². The van der Waals surface area contributed by atoms with E-state index >= 15 is 0 Å². The zero-order chi connectivity index (χ0) is 21.3. The van der Waals surface area contributed by atoms with Gasteiger partial charge in [0.15, 0.2) is 0 Å². The molecule has 1 aromatic heterocycles. The molecular formula is C22H22N4O4. The maximum Gasteiger partial charge on any atom is 0.338 e. The Morgan fingerprint density at radius 2 is 2.13 bits per heavy atom. The Bertz CT molecular complexity index is 1130. The predicted molar refractivity (Wildman–Crippen MR) is 114 cm³/mol. The van der Waals surface area contributed by atoms with Gasteiger partial charge in [-0.1, -0.05) is 6.07 Å². The Kier molecular flexibility index (Phi) is 5.22. The van der Waals surface area contributed by atoms with Gasteiger partial charge in [-0.05, 0) is 55.7 Å². The number of nitro groups is 1. The Morgan fingerprint density at radius 1 is 1.30 bits per heavy atom. The molecule has 0 spiro atoms. The zero-order valence-electron chi connectivity index (χ0n) is 16.6. The third-order valence-corrected chi connectivity index (χ3v) is 5.45. The van der Waals surface area contributed by atoms with Crippen molar-refractivity contribution in [2.75, 3.05) is 17.2 Å². The molecule has 1 fully saturated rings. The smallest absolute Gasteiger partial charge is 0.338 e. The minimum absolute atomic E-state index is 0.0697. The molecule has 0 aliphatic carbocycles. The van der Waals surface area contributed by atoms with E-state index in [1.807, 2.05) is 12.3 Å². The number of carbonyl (C=O) groups excluding carboxylic acids is 1. The topological polar surface area (TPSA) is 112 Å². The summed E-state index contributed by atoms with van der Waals surface area (Å²) in [6.07, 6.45) is 4.19. The third-order valence-electron chi connectivity index (χ3n) is 5.45. The number of hydrogen-bond donors (Lipinski definition) is 1. The summed E-state index contributed by atoms with van der Waals surface area (Å²) in [7, 11) is 0. The molecule has 4 rings (SSSR count). The van der Waals surface area contributed by atoms with Gasteiger partial charge >= 0.3 is 5.97 Å². The second-order valence-electron chi connectivity index (χ2n) is 7.51. The summed E-state index contributed by atoms with van der Waals surface area (Å²) < 4.78 is 5.35. The molecule has 8 heteroatoms. The first-order chi connectivity index (χ1) is 14.4. The van der Waals surface area contributed by atoms with Crippen molar-refractivity contribution in [1.82, 2.24) is 4.98 Å². The third kappa shape index (κ3) is 3.89. The van der Waals surface area contributed by atoms with Crippen molar-refractivity contribution in [2.45, 2.75) is 32.4 Å². The van der Waals surface area contributed by atoms with Crippen molar-refractivity contribution in [2.24, 2.45) is 0 Å². The molecule has 0 unspecified atom stereocenters. The number of anilines is 2. The quantitative estimate of drug-likeness (QED) is 0.294. The lowest BCUT2D eigenvalue weighted by Crippen LogP contribution is -2.26. The maximum atomic E-state index is 12.5. The summed E-state index contributed by atoms with van der Waals surface area (Å²) in [5.74, 6) is -0.503. The van der Waals surface area contributed by atoms with Gasteiger partial charge in [-0.15, -0.1) is 0 Å². The van der Waals surface area contributed by atoms with E-state index in [2.05, 4.69) is 16.8 Å². The van der Waals surface area contributed by atoms with Crippen LogP contribution in [-0.2, 0) is 11.3 Å². The molecule has 2 aromatic carbocycles. The summed E-state index contributed by atoms with van der Waals surface area (Å²) in [5.41, 5.74) is 8.21. The largest absolute Gasteiger partial charge is 0.457 e. The molecule has 30 heavy (non-hydrogen) atoms. The molecule has 2 N–H and O–H groups in total. The fourth-order valence-corrected chi connectivity index (χ4v) is 3.79. The number of nitrogens with two attached hydrogens (primary N) is 1. The molecule has 1 atom stereocenters. The highest BCUT2D eigenvalue weighted by Crippen LogP contribution is 2.28. The molecule has 0 saturated carbocycles. The van der Waals surface area contributed by atoms with Crippen molar-refractivity contribution < 1.29 is 14.5 Å². The van der Waals surface area contributed by atoms with Crippen LogP contribution in [0, 0.1) is 10.1 Å². The number of carbonyl (C=O) groups is 1. The fraction of sp³-hybridized carbons (Fsp3) is 0.273. The monoisotopic (exact) mass is 406 g/mol. The Labute approximate surface area is 173 Å². The van der Waals surface area contributed by atoms with E-state index in [-0.39, 0.29) is 18.0 Å². The van der Waals surface area contributed by atoms with Gasteiger partial charge in [-0.3, -0.25) is 15.1 Å². The van der Waals surface area contributed by atoms with Gasteiger partial charge in [0.25, 0.3) is 5.69 Å². The van der Waals surface area contributed by atoms with Crippen LogP contribution in [0.5, 0.6) is 0 Å². The SMILES string of the molecule is C[C@H]1CCCN1c1cnc2ccc(C(=O)OCc3ccc(N)c([N+](=O)[O-])c3)cc2c1. The number of benzene rings is 2. The molecule has 2 heterocycles. The first-order valence-electron chi connectivity index (χ1n) is 9.79. The van der Waals surface area contributed by atoms with Crippen LogP contribution in [0.15, 0.2) is 48.7 Å². The molecule has 0 radical (unpaired) electrons. The van der Waals surface area contributed by atoms with Crippen LogP contribution in [-0.4, -0.2) is 28.5 Å². The Hall–Kier alpha value is -3.68. The highest BCUT2D eigenvalue weighted by atomic mass is 16.6. The van der Waals surface area contributed by atoms with Gasteiger partial charge in [0.05, 0.1) is 27.9 Å². The molecule has 0 amide bonds. The van der Waals surface area contributed by atoms with E-state index < -0.39 is 10.9 Å². The number of nitrogen functional groups attached to an aromatic ring is 1. The van der Waals surface area contributed by atoms with Gasteiger partial charge in [0.2, 0.25) is 0 Å². The summed E-state index contributed by atoms with van der Waals surface area (Å²) in [6.45, 7) is 3.12. The van der Waals surface area contributed by atoms with Crippen LogP contribution in [0.3, 0.4) is 0 Å². The summed E-state index contributed by atoms with van der Waals surface area (Å²) in [5, 5.41) is 11.9. The molecule has 1 aliphatic rings. The van der Waals surface area contributed by atoms with Gasteiger partial charge in [0.1, 0.15) is 12.3 Å². The number of esters is 1. The zero-order valence-corrected chi connectivity index (χ0v) is 16.6. The van der Waals surface area contributed by atoms with E-state index in [0.717, 1.165) is 36.0 Å². The van der Waals surface area contributed by atoms with E-state index in [4.69, 9.17) is 10.5 Å². The van der Waals surface area contributed by atoms with Gasteiger partial charge < -0.3 is 15.4 Å². The minimum atomic E-state index is -0.560. The van der Waals surface area contributed by atoms with Crippen LogP contribution in [0.4, 0.5) is 17.1 Å². The average molecular weight is 406 g/mol. The average Bonchev–Trinajstić information content (AvgIpc) is 3.17. The molecule has 0 bridgehead atoms. The second kappa shape index (κ2) is 7.98. The molecule has 1 aliphatic heterocycles. The number of aromatic nitrogens is 1. The van der Waals surface area contributed by atoms with Crippen LogP contribution in [0.1, 0.15) is 35.7 Å². The first-order valence-corrected chi connectivity index (χ1v) is 9.79. The van der Waals surface area contributed by atoms with Crippen molar-refractivity contribution in [1.29, 1.82) is 0 Å². The highest BCUT2D eigenvalue weighted by molar-refractivity contribution is 5.95. The van der Waals surface area contributed by atoms with Gasteiger partial charge in [0, 0.05) is 24.0 Å². The van der Waals surface area contributed by atoms with Crippen molar-refractivity contribution in [3.8, 4) is 0 Å². The second-order valence-corrected chi connectivity index (χ2v) is 7.51. The predicted octanol–water partition coefficient (Wildman–Crippen LogP) is 4.07. The number of fused-ring (bicyclic) bond motifs is 1. The van der Waals surface area contributed by atoms with Crippen molar-refractivity contribution in [3.63, 3.8) is 0 Å². The first kappa shape index (κ1) is 19.6. The fourth-order valence-electron chi connectivity index (χ4n) is 3.79. The molecule has 3 aromatic rings. The van der Waals surface area contributed by atoms with Crippen LogP contribution in [0.25, 0.3) is 10.9 Å².